The van der Waals surface area contributed by atoms with Gasteiger partial charge in [-0.2, -0.15) is 0 Å². The Bertz CT molecular complexity index is 439. The number of nitrogens with one attached hydrogen (secondary N) is 1. The number of nitrogens with zero attached hydrogens (tertiary/aromatic N) is 1. The summed E-state index contributed by atoms with van der Waals surface area (Å²) in [4.78, 5) is 13.8. The highest BCUT2D eigenvalue weighted by Crippen LogP contribution is 2.25. The van der Waals surface area contributed by atoms with E-state index in [1.807, 2.05) is 19.9 Å². The van der Waals surface area contributed by atoms with Crippen molar-refractivity contribution in [3.05, 3.63) is 24.0 Å². The zero-order valence-corrected chi connectivity index (χ0v) is 10.9. The number of anilines is 2. The lowest BCUT2D eigenvalue weighted by molar-refractivity contribution is -0.118. The first-order valence-corrected chi connectivity index (χ1v) is 6.42. The molecular formula is C14H19FN2O. The summed E-state index contributed by atoms with van der Waals surface area (Å²) in [5.41, 5.74) is 1.39. The van der Waals surface area contributed by atoms with Crippen molar-refractivity contribution in [3.63, 3.8) is 0 Å². The van der Waals surface area contributed by atoms with E-state index in [-0.39, 0.29) is 17.6 Å². The molecule has 1 aromatic carbocycles. The second-order valence-electron chi connectivity index (χ2n) is 5.04. The van der Waals surface area contributed by atoms with E-state index in [2.05, 4.69) is 10.2 Å². The number of halogens is 1. The zero-order chi connectivity index (χ0) is 13.1. The average molecular weight is 250 g/mol. The van der Waals surface area contributed by atoms with Gasteiger partial charge in [0.05, 0.1) is 0 Å². The number of carbonyl (C=O) groups is 1. The Morgan fingerprint density at radius 2 is 1.94 bits per heavy atom. The maximum atomic E-state index is 13.6. The fourth-order valence-electron chi connectivity index (χ4n) is 2.09. The maximum Gasteiger partial charge on any atom is 0.226 e. The van der Waals surface area contributed by atoms with E-state index in [9.17, 15) is 9.18 Å². The Labute approximate surface area is 107 Å². The molecule has 0 atom stereocenters. The number of hydrogen-bond acceptors (Lipinski definition) is 2. The quantitative estimate of drug-likeness (QED) is 0.894. The van der Waals surface area contributed by atoms with Gasteiger partial charge in [-0.1, -0.05) is 13.8 Å². The van der Waals surface area contributed by atoms with E-state index in [0.717, 1.165) is 31.6 Å². The molecule has 0 radical (unpaired) electrons. The van der Waals surface area contributed by atoms with Crippen molar-refractivity contribution in [2.75, 3.05) is 23.3 Å². The minimum atomic E-state index is -0.307. The summed E-state index contributed by atoms with van der Waals surface area (Å²) in [7, 11) is 0. The molecule has 2 rings (SSSR count). The summed E-state index contributed by atoms with van der Waals surface area (Å²) < 4.78 is 13.6. The third-order valence-electron chi connectivity index (χ3n) is 3.15. The molecule has 18 heavy (non-hydrogen) atoms. The van der Waals surface area contributed by atoms with Crippen LogP contribution >= 0.6 is 0 Å². The van der Waals surface area contributed by atoms with Gasteiger partial charge in [0.25, 0.3) is 0 Å². The summed E-state index contributed by atoms with van der Waals surface area (Å²) in [5, 5.41) is 2.74. The Kier molecular flexibility index (Phi) is 3.84. The van der Waals surface area contributed by atoms with E-state index >= 15 is 0 Å². The van der Waals surface area contributed by atoms with Crippen molar-refractivity contribution in [2.45, 2.75) is 26.7 Å². The molecule has 1 saturated heterocycles. The molecule has 1 amide bonds. The van der Waals surface area contributed by atoms with Crippen molar-refractivity contribution >= 4 is 17.3 Å². The van der Waals surface area contributed by atoms with Crippen LogP contribution in [0, 0.1) is 11.7 Å². The first-order valence-electron chi connectivity index (χ1n) is 6.42. The molecule has 1 aromatic rings. The molecule has 1 aliphatic rings. The molecule has 0 aliphatic carbocycles. The van der Waals surface area contributed by atoms with Gasteiger partial charge in [0.2, 0.25) is 5.91 Å². The molecule has 0 bridgehead atoms. The van der Waals surface area contributed by atoms with Gasteiger partial charge in [0.1, 0.15) is 5.82 Å². The largest absolute Gasteiger partial charge is 0.371 e. The van der Waals surface area contributed by atoms with Crippen LogP contribution in [0.1, 0.15) is 26.7 Å². The smallest absolute Gasteiger partial charge is 0.226 e. The SMILES string of the molecule is CC(C)C(=O)Nc1cc(F)cc(N2CCCC2)c1. The lowest BCUT2D eigenvalue weighted by Gasteiger charge is -2.19. The van der Waals surface area contributed by atoms with Crippen molar-refractivity contribution < 1.29 is 9.18 Å². The lowest BCUT2D eigenvalue weighted by atomic mass is 10.2. The van der Waals surface area contributed by atoms with E-state index in [4.69, 9.17) is 0 Å². The van der Waals surface area contributed by atoms with Crippen LogP contribution < -0.4 is 10.2 Å². The van der Waals surface area contributed by atoms with E-state index in [1.54, 1.807) is 0 Å². The Balaban J connectivity index is 2.18. The summed E-state index contributed by atoms with van der Waals surface area (Å²) in [6.07, 6.45) is 2.29. The summed E-state index contributed by atoms with van der Waals surface area (Å²) in [6, 6.07) is 4.73. The van der Waals surface area contributed by atoms with Gasteiger partial charge in [-0.05, 0) is 31.0 Å². The molecule has 1 fully saturated rings. The van der Waals surface area contributed by atoms with E-state index in [1.165, 1.54) is 12.1 Å². The molecule has 0 aromatic heterocycles. The van der Waals surface area contributed by atoms with Gasteiger partial charge >= 0.3 is 0 Å². The van der Waals surface area contributed by atoms with Gasteiger partial charge in [-0.15, -0.1) is 0 Å². The van der Waals surface area contributed by atoms with Crippen LogP contribution in [0.5, 0.6) is 0 Å². The molecule has 0 spiro atoms. The molecule has 98 valence electrons. The van der Waals surface area contributed by atoms with Crippen LogP contribution in [-0.4, -0.2) is 19.0 Å². The number of benzene rings is 1. The summed E-state index contributed by atoms with van der Waals surface area (Å²) >= 11 is 0. The highest BCUT2D eigenvalue weighted by Gasteiger charge is 2.15. The van der Waals surface area contributed by atoms with E-state index in [0.29, 0.717) is 5.69 Å². The van der Waals surface area contributed by atoms with Crippen LogP contribution in [0.15, 0.2) is 18.2 Å². The predicted octanol–water partition coefficient (Wildman–Crippen LogP) is 3.02. The predicted molar refractivity (Wildman–Crippen MR) is 71.3 cm³/mol. The molecule has 0 saturated carbocycles. The molecule has 1 N–H and O–H groups in total. The molecule has 3 nitrogen and oxygen atoms in total. The molecule has 1 aliphatic heterocycles. The highest BCUT2D eigenvalue weighted by atomic mass is 19.1. The number of hydrogen-bond donors (Lipinski definition) is 1. The third kappa shape index (κ3) is 3.00. The average Bonchev–Trinajstić information content (AvgIpc) is 2.81. The Morgan fingerprint density at radius 3 is 2.56 bits per heavy atom. The summed E-state index contributed by atoms with van der Waals surface area (Å²) in [6.45, 7) is 5.55. The van der Waals surface area contributed by atoms with Crippen molar-refractivity contribution in [3.8, 4) is 0 Å². The second kappa shape index (κ2) is 5.38. The minimum absolute atomic E-state index is 0.0898. The summed E-state index contributed by atoms with van der Waals surface area (Å²) in [5.74, 6) is -0.505. The highest BCUT2D eigenvalue weighted by molar-refractivity contribution is 5.92. The van der Waals surface area contributed by atoms with Gasteiger partial charge < -0.3 is 10.2 Å². The maximum absolute atomic E-state index is 13.6. The van der Waals surface area contributed by atoms with Crippen molar-refractivity contribution in [1.29, 1.82) is 0 Å². The Hall–Kier alpha value is -1.58. The number of carbonyl (C=O) groups excluding carboxylic acids is 1. The van der Waals surface area contributed by atoms with Crippen molar-refractivity contribution in [1.82, 2.24) is 0 Å². The first-order chi connectivity index (χ1) is 8.56. The monoisotopic (exact) mass is 250 g/mol. The van der Waals surface area contributed by atoms with Gasteiger partial charge in [0.15, 0.2) is 0 Å². The third-order valence-corrected chi connectivity index (χ3v) is 3.15. The number of amides is 1. The minimum Gasteiger partial charge on any atom is -0.371 e. The molecular weight excluding hydrogens is 231 g/mol. The van der Waals surface area contributed by atoms with Crippen LogP contribution in [-0.2, 0) is 4.79 Å². The van der Waals surface area contributed by atoms with Crippen LogP contribution in [0.3, 0.4) is 0 Å². The normalized spacial score (nSPS) is 15.2. The van der Waals surface area contributed by atoms with Crippen LogP contribution in [0.4, 0.5) is 15.8 Å². The van der Waals surface area contributed by atoms with Gasteiger partial charge in [-0.25, -0.2) is 4.39 Å². The van der Waals surface area contributed by atoms with E-state index < -0.39 is 0 Å². The molecule has 1 heterocycles. The lowest BCUT2D eigenvalue weighted by Crippen LogP contribution is -2.20. The van der Waals surface area contributed by atoms with Crippen LogP contribution in [0.25, 0.3) is 0 Å². The zero-order valence-electron chi connectivity index (χ0n) is 10.9. The van der Waals surface area contributed by atoms with Crippen molar-refractivity contribution in [2.24, 2.45) is 5.92 Å². The van der Waals surface area contributed by atoms with Gasteiger partial charge in [0, 0.05) is 30.4 Å². The number of rotatable bonds is 3. The Morgan fingerprint density at radius 1 is 1.28 bits per heavy atom. The van der Waals surface area contributed by atoms with Gasteiger partial charge in [-0.3, -0.25) is 4.79 Å². The fraction of sp³-hybridized carbons (Fsp3) is 0.500. The molecule has 4 heteroatoms. The second-order valence-corrected chi connectivity index (χ2v) is 5.04. The fourth-order valence-corrected chi connectivity index (χ4v) is 2.09. The standard InChI is InChI=1S/C14H19FN2O/c1-10(2)14(18)16-12-7-11(15)8-13(9-12)17-5-3-4-6-17/h7-10H,3-6H2,1-2H3,(H,16,18). The molecule has 0 unspecified atom stereocenters. The van der Waals surface area contributed by atoms with Crippen LogP contribution in [0.2, 0.25) is 0 Å². The topological polar surface area (TPSA) is 32.3 Å². The first kappa shape index (κ1) is 12.9.